The second kappa shape index (κ2) is 7.56. The summed E-state index contributed by atoms with van der Waals surface area (Å²) in [5.41, 5.74) is 2.78. The molecule has 1 amide bonds. The Morgan fingerprint density at radius 2 is 1.94 bits per heavy atom. The zero-order chi connectivity index (χ0) is 21.7. The maximum absolute atomic E-state index is 13.5. The smallest absolute Gasteiger partial charge is 0.264 e. The average molecular weight is 443 g/mol. The van der Waals surface area contributed by atoms with E-state index in [0.717, 1.165) is 57.3 Å². The van der Waals surface area contributed by atoms with Crippen LogP contribution in [-0.4, -0.2) is 48.3 Å². The van der Waals surface area contributed by atoms with Crippen LogP contribution in [0.25, 0.3) is 21.6 Å². The predicted octanol–water partition coefficient (Wildman–Crippen LogP) is 4.46. The monoisotopic (exact) mass is 442 g/mol. The number of likely N-dealkylation sites (tertiary alicyclic amines) is 1. The highest BCUT2D eigenvalue weighted by atomic mass is 32.1. The molecule has 1 aliphatic rings. The Labute approximate surface area is 188 Å². The van der Waals surface area contributed by atoms with Gasteiger partial charge in [0.15, 0.2) is 5.65 Å². The Kier molecular flexibility index (Phi) is 4.53. The highest BCUT2D eigenvalue weighted by molar-refractivity contribution is 7.20. The van der Waals surface area contributed by atoms with Gasteiger partial charge in [-0.25, -0.2) is 4.68 Å². The molecule has 1 aliphatic heterocycles. The van der Waals surface area contributed by atoms with Crippen molar-refractivity contribution in [2.24, 2.45) is 0 Å². The number of aromatic nitrogens is 5. The molecule has 32 heavy (non-hydrogen) atoms. The highest BCUT2D eigenvalue weighted by Crippen LogP contribution is 2.33. The number of benzene rings is 1. The summed E-state index contributed by atoms with van der Waals surface area (Å²) >= 11 is 1.52. The Morgan fingerprint density at radius 3 is 2.81 bits per heavy atom. The van der Waals surface area contributed by atoms with Crippen molar-refractivity contribution in [3.63, 3.8) is 0 Å². The van der Waals surface area contributed by atoms with Crippen molar-refractivity contribution in [3.05, 3.63) is 77.2 Å². The molecule has 0 aliphatic carbocycles. The molecule has 1 aromatic carbocycles. The predicted molar refractivity (Wildman–Crippen MR) is 125 cm³/mol. The number of pyridine rings is 1. The number of nitrogens with zero attached hydrogens (tertiary/aromatic N) is 6. The molecule has 5 heterocycles. The molecule has 0 N–H and O–H groups in total. The minimum atomic E-state index is 0.0868. The van der Waals surface area contributed by atoms with Crippen molar-refractivity contribution in [2.75, 3.05) is 13.1 Å². The summed E-state index contributed by atoms with van der Waals surface area (Å²) < 4.78 is 3.98. The van der Waals surface area contributed by atoms with E-state index in [1.54, 1.807) is 0 Å². The number of rotatable bonds is 3. The van der Waals surface area contributed by atoms with E-state index in [0.29, 0.717) is 6.54 Å². The fourth-order valence-corrected chi connectivity index (χ4v) is 5.71. The van der Waals surface area contributed by atoms with Crippen LogP contribution in [0.5, 0.6) is 0 Å². The van der Waals surface area contributed by atoms with Gasteiger partial charge in [0.05, 0.1) is 16.3 Å². The first-order chi connectivity index (χ1) is 15.7. The molecule has 1 fully saturated rings. The number of piperidine rings is 1. The summed E-state index contributed by atoms with van der Waals surface area (Å²) in [5.74, 6) is 1.20. The van der Waals surface area contributed by atoms with Gasteiger partial charge in [-0.2, -0.15) is 5.10 Å². The van der Waals surface area contributed by atoms with Gasteiger partial charge < -0.3 is 4.90 Å². The SMILES string of the molecule is Cc1nn(-c2ccccc2)c2sc(C(=O)N3CCCC(c4nnc5ccccn45)C3)cc12. The fourth-order valence-electron chi connectivity index (χ4n) is 4.56. The lowest BCUT2D eigenvalue weighted by molar-refractivity contribution is 0.0709. The second-order valence-corrected chi connectivity index (χ2v) is 9.27. The van der Waals surface area contributed by atoms with Crippen LogP contribution in [0.2, 0.25) is 0 Å². The van der Waals surface area contributed by atoms with Crippen LogP contribution >= 0.6 is 11.3 Å². The number of hydrogen-bond acceptors (Lipinski definition) is 5. The molecule has 1 atom stereocenters. The van der Waals surface area contributed by atoms with E-state index in [2.05, 4.69) is 10.2 Å². The van der Waals surface area contributed by atoms with Crippen LogP contribution in [0.4, 0.5) is 0 Å². The van der Waals surface area contributed by atoms with Crippen LogP contribution < -0.4 is 0 Å². The van der Waals surface area contributed by atoms with E-state index in [9.17, 15) is 4.79 Å². The van der Waals surface area contributed by atoms with Crippen molar-refractivity contribution in [1.82, 2.24) is 29.3 Å². The van der Waals surface area contributed by atoms with Gasteiger partial charge in [-0.1, -0.05) is 24.3 Å². The number of para-hydroxylation sites is 1. The molecule has 8 heteroatoms. The number of carbonyl (C=O) groups is 1. The zero-order valence-corrected chi connectivity index (χ0v) is 18.5. The fraction of sp³-hybridized carbons (Fsp3) is 0.250. The van der Waals surface area contributed by atoms with Crippen molar-refractivity contribution in [1.29, 1.82) is 0 Å². The second-order valence-electron chi connectivity index (χ2n) is 8.24. The van der Waals surface area contributed by atoms with E-state index in [-0.39, 0.29) is 11.8 Å². The third-order valence-corrected chi connectivity index (χ3v) is 7.27. The quantitative estimate of drug-likeness (QED) is 0.414. The van der Waals surface area contributed by atoms with E-state index in [1.165, 1.54) is 11.3 Å². The molecule has 0 radical (unpaired) electrons. The number of fused-ring (bicyclic) bond motifs is 2. The summed E-state index contributed by atoms with van der Waals surface area (Å²) in [6.45, 7) is 3.42. The van der Waals surface area contributed by atoms with Crippen molar-refractivity contribution >= 4 is 33.1 Å². The number of aryl methyl sites for hydroxylation is 1. The number of hydrogen-bond donors (Lipinski definition) is 0. The summed E-state index contributed by atoms with van der Waals surface area (Å²) in [5, 5.41) is 14.5. The molecule has 1 saturated heterocycles. The first-order valence-electron chi connectivity index (χ1n) is 10.8. The van der Waals surface area contributed by atoms with Gasteiger partial charge in [-0.05, 0) is 50.1 Å². The minimum absolute atomic E-state index is 0.0868. The van der Waals surface area contributed by atoms with Gasteiger partial charge in [-0.3, -0.25) is 9.20 Å². The molecule has 160 valence electrons. The van der Waals surface area contributed by atoms with Gasteiger partial charge in [0.25, 0.3) is 5.91 Å². The summed E-state index contributed by atoms with van der Waals surface area (Å²) in [6, 6.07) is 18.0. The van der Waals surface area contributed by atoms with Crippen LogP contribution in [0.1, 0.15) is 39.9 Å². The molecule has 0 bridgehead atoms. The lowest BCUT2D eigenvalue weighted by Crippen LogP contribution is -2.39. The summed E-state index contributed by atoms with van der Waals surface area (Å²) in [4.78, 5) is 17.2. The van der Waals surface area contributed by atoms with Crippen LogP contribution in [0, 0.1) is 6.92 Å². The number of amides is 1. The van der Waals surface area contributed by atoms with Crippen molar-refractivity contribution < 1.29 is 4.79 Å². The Bertz CT molecular complexity index is 1430. The van der Waals surface area contributed by atoms with Crippen molar-refractivity contribution in [3.8, 4) is 5.69 Å². The number of carbonyl (C=O) groups excluding carboxylic acids is 1. The van der Waals surface area contributed by atoms with E-state index < -0.39 is 0 Å². The molecule has 7 nitrogen and oxygen atoms in total. The van der Waals surface area contributed by atoms with Gasteiger partial charge >= 0.3 is 0 Å². The van der Waals surface area contributed by atoms with Gasteiger partial charge in [0.2, 0.25) is 0 Å². The maximum Gasteiger partial charge on any atom is 0.264 e. The standard InChI is InChI=1S/C24H22N6OS/c1-16-19-14-20(32-24(19)30(27-16)18-9-3-2-4-10-18)23(31)28-12-7-8-17(15-28)22-26-25-21-11-5-6-13-29(21)22/h2-6,9-11,13-14,17H,7-8,12,15H2,1H3. The molecule has 1 unspecified atom stereocenters. The molecular weight excluding hydrogens is 420 g/mol. The van der Waals surface area contributed by atoms with Crippen LogP contribution in [0.3, 0.4) is 0 Å². The van der Waals surface area contributed by atoms with Crippen LogP contribution in [-0.2, 0) is 0 Å². The first-order valence-corrected chi connectivity index (χ1v) is 11.6. The Morgan fingerprint density at radius 1 is 1.09 bits per heavy atom. The normalized spacial score (nSPS) is 16.8. The molecule has 6 rings (SSSR count). The van der Waals surface area contributed by atoms with E-state index >= 15 is 0 Å². The minimum Gasteiger partial charge on any atom is -0.337 e. The molecule has 4 aromatic heterocycles. The lowest BCUT2D eigenvalue weighted by Gasteiger charge is -2.31. The largest absolute Gasteiger partial charge is 0.337 e. The maximum atomic E-state index is 13.5. The lowest BCUT2D eigenvalue weighted by atomic mass is 9.97. The molecule has 0 saturated carbocycles. The third kappa shape index (κ3) is 3.10. The van der Waals surface area contributed by atoms with Gasteiger partial charge in [0.1, 0.15) is 10.7 Å². The molecule has 5 aromatic rings. The molecule has 0 spiro atoms. The summed E-state index contributed by atoms with van der Waals surface area (Å²) in [7, 11) is 0. The first kappa shape index (κ1) is 19.2. The van der Waals surface area contributed by atoms with Crippen molar-refractivity contribution in [2.45, 2.75) is 25.7 Å². The van der Waals surface area contributed by atoms with Gasteiger partial charge in [-0.15, -0.1) is 21.5 Å². The zero-order valence-electron chi connectivity index (χ0n) is 17.7. The Balaban J connectivity index is 1.30. The average Bonchev–Trinajstić information content (AvgIpc) is 3.54. The third-order valence-electron chi connectivity index (χ3n) is 6.17. The van der Waals surface area contributed by atoms with E-state index in [4.69, 9.17) is 5.10 Å². The topological polar surface area (TPSA) is 68.3 Å². The molecular formula is C24H22N6OS. The highest BCUT2D eigenvalue weighted by Gasteiger charge is 2.29. The Hall–Kier alpha value is -3.52. The number of thiophene rings is 1. The summed E-state index contributed by atoms with van der Waals surface area (Å²) in [6.07, 6.45) is 3.96. The van der Waals surface area contributed by atoms with Crippen LogP contribution in [0.15, 0.2) is 60.8 Å². The van der Waals surface area contributed by atoms with Gasteiger partial charge in [0, 0.05) is 30.6 Å². The van der Waals surface area contributed by atoms with E-state index in [1.807, 2.05) is 81.7 Å².